The SMILES string of the molecule is CCCC[C@@]1(CC(=O)O)C[C@@H](COc2ccc(-c3ccc(C(=N)N)cc3)cc2)N(CCCc2ccccc2)C1=O.O. The lowest BCUT2D eigenvalue weighted by Gasteiger charge is -2.27. The number of likely N-dealkylation sites (tertiary alicyclic amines) is 1. The van der Waals surface area contributed by atoms with E-state index in [2.05, 4.69) is 19.1 Å². The number of carboxylic acid groups (broad SMARTS) is 1. The normalized spacial score (nSPS) is 18.1. The van der Waals surface area contributed by atoms with Crippen LogP contribution in [0.2, 0.25) is 0 Å². The Kier molecular flexibility index (Phi) is 11.1. The Morgan fingerprint density at radius 2 is 1.66 bits per heavy atom. The molecule has 2 atom stereocenters. The fourth-order valence-corrected chi connectivity index (χ4v) is 5.68. The number of amides is 1. The van der Waals surface area contributed by atoms with Crippen LogP contribution in [-0.4, -0.2) is 52.4 Å². The van der Waals surface area contributed by atoms with E-state index in [9.17, 15) is 14.7 Å². The number of nitrogens with zero attached hydrogens (tertiary/aromatic N) is 1. The van der Waals surface area contributed by atoms with Gasteiger partial charge in [-0.05, 0) is 54.5 Å². The van der Waals surface area contributed by atoms with Crippen molar-refractivity contribution in [2.45, 2.75) is 57.9 Å². The summed E-state index contributed by atoms with van der Waals surface area (Å²) in [5, 5.41) is 17.3. The van der Waals surface area contributed by atoms with Gasteiger partial charge in [-0.3, -0.25) is 15.0 Å². The Bertz CT molecular complexity index is 1290. The van der Waals surface area contributed by atoms with Crippen LogP contribution < -0.4 is 10.5 Å². The van der Waals surface area contributed by atoms with E-state index < -0.39 is 11.4 Å². The third kappa shape index (κ3) is 7.95. The molecule has 0 bridgehead atoms. The van der Waals surface area contributed by atoms with E-state index in [0.717, 1.165) is 36.8 Å². The van der Waals surface area contributed by atoms with Crippen molar-refractivity contribution in [1.29, 1.82) is 5.41 Å². The number of carbonyl (C=O) groups excluding carboxylic acids is 1. The van der Waals surface area contributed by atoms with Gasteiger partial charge in [0.1, 0.15) is 18.2 Å². The smallest absolute Gasteiger partial charge is 0.304 e. The Hall–Kier alpha value is -4.17. The van der Waals surface area contributed by atoms with E-state index in [0.29, 0.717) is 37.3 Å². The third-order valence-corrected chi connectivity index (χ3v) is 7.81. The van der Waals surface area contributed by atoms with Gasteiger partial charge in [-0.2, -0.15) is 0 Å². The van der Waals surface area contributed by atoms with E-state index in [1.165, 1.54) is 5.56 Å². The summed E-state index contributed by atoms with van der Waals surface area (Å²) in [7, 11) is 0. The third-order valence-electron chi connectivity index (χ3n) is 7.81. The maximum absolute atomic E-state index is 13.8. The monoisotopic (exact) mass is 559 g/mol. The number of benzene rings is 3. The Morgan fingerprint density at radius 1 is 1.02 bits per heavy atom. The molecule has 8 nitrogen and oxygen atoms in total. The summed E-state index contributed by atoms with van der Waals surface area (Å²) in [6, 6.07) is 25.3. The number of aliphatic carboxylic acids is 1. The predicted octanol–water partition coefficient (Wildman–Crippen LogP) is 5.08. The Balaban J connectivity index is 0.00000462. The van der Waals surface area contributed by atoms with Gasteiger partial charge in [0.25, 0.3) is 0 Å². The highest BCUT2D eigenvalue weighted by Gasteiger charge is 2.52. The van der Waals surface area contributed by atoms with Crippen LogP contribution in [0.4, 0.5) is 0 Å². The van der Waals surface area contributed by atoms with Crippen LogP contribution in [0.3, 0.4) is 0 Å². The molecular weight excluding hydrogens is 518 g/mol. The predicted molar refractivity (Wildman–Crippen MR) is 161 cm³/mol. The van der Waals surface area contributed by atoms with Crippen LogP contribution in [0.1, 0.15) is 56.6 Å². The number of unbranched alkanes of at least 4 members (excludes halogenated alkanes) is 1. The molecule has 0 saturated carbocycles. The molecule has 1 saturated heterocycles. The van der Waals surface area contributed by atoms with Crippen molar-refractivity contribution in [2.24, 2.45) is 11.1 Å². The summed E-state index contributed by atoms with van der Waals surface area (Å²) in [5.41, 5.74) is 8.61. The van der Waals surface area contributed by atoms with Gasteiger partial charge in [0, 0.05) is 12.1 Å². The minimum Gasteiger partial charge on any atom is -0.491 e. The van der Waals surface area contributed by atoms with Crippen LogP contribution in [0.15, 0.2) is 78.9 Å². The van der Waals surface area contributed by atoms with Crippen LogP contribution in [-0.2, 0) is 16.0 Å². The molecule has 6 N–H and O–H groups in total. The number of ether oxygens (including phenoxy) is 1. The van der Waals surface area contributed by atoms with E-state index in [1.54, 1.807) is 0 Å². The molecule has 0 unspecified atom stereocenters. The molecule has 1 aliphatic heterocycles. The molecule has 1 amide bonds. The first kappa shape index (κ1) is 31.4. The number of nitrogens with two attached hydrogens (primary N) is 1. The first-order valence-electron chi connectivity index (χ1n) is 14.1. The Morgan fingerprint density at radius 3 is 2.24 bits per heavy atom. The number of aryl methyl sites for hydroxylation is 1. The van der Waals surface area contributed by atoms with Gasteiger partial charge in [0.05, 0.1) is 17.9 Å². The number of hydrogen-bond donors (Lipinski definition) is 3. The van der Waals surface area contributed by atoms with E-state index in [1.807, 2.05) is 71.6 Å². The zero-order valence-electron chi connectivity index (χ0n) is 23.6. The fourth-order valence-electron chi connectivity index (χ4n) is 5.68. The highest BCUT2D eigenvalue weighted by molar-refractivity contribution is 5.95. The maximum Gasteiger partial charge on any atom is 0.304 e. The minimum atomic E-state index is -0.929. The van der Waals surface area contributed by atoms with Gasteiger partial charge in [-0.25, -0.2) is 0 Å². The molecule has 4 rings (SSSR count). The number of rotatable bonds is 14. The zero-order valence-corrected chi connectivity index (χ0v) is 23.6. The van der Waals surface area contributed by atoms with Crippen LogP contribution in [0, 0.1) is 10.8 Å². The quantitative estimate of drug-likeness (QED) is 0.186. The minimum absolute atomic E-state index is 0. The van der Waals surface area contributed by atoms with Crippen LogP contribution in [0.5, 0.6) is 5.75 Å². The first-order chi connectivity index (χ1) is 19.3. The van der Waals surface area contributed by atoms with Gasteiger partial charge < -0.3 is 26.0 Å². The highest BCUT2D eigenvalue weighted by Crippen LogP contribution is 2.44. The van der Waals surface area contributed by atoms with Gasteiger partial charge in [-0.1, -0.05) is 86.5 Å². The fraction of sp³-hybridized carbons (Fsp3) is 0.364. The van der Waals surface area contributed by atoms with Gasteiger partial charge in [0.15, 0.2) is 0 Å². The molecule has 8 heteroatoms. The van der Waals surface area contributed by atoms with Crippen LogP contribution >= 0.6 is 0 Å². The molecule has 218 valence electrons. The molecule has 0 aromatic heterocycles. The number of carbonyl (C=O) groups is 2. The van der Waals surface area contributed by atoms with Gasteiger partial charge in [0.2, 0.25) is 5.91 Å². The van der Waals surface area contributed by atoms with Crippen molar-refractivity contribution in [3.63, 3.8) is 0 Å². The van der Waals surface area contributed by atoms with E-state index in [4.69, 9.17) is 15.9 Å². The molecular formula is C33H41N3O5. The van der Waals surface area contributed by atoms with Crippen molar-refractivity contribution < 1.29 is 24.9 Å². The topological polar surface area (TPSA) is 148 Å². The number of carboxylic acids is 1. The second-order valence-corrected chi connectivity index (χ2v) is 10.7. The zero-order chi connectivity index (χ0) is 28.5. The van der Waals surface area contributed by atoms with Crippen molar-refractivity contribution in [2.75, 3.05) is 13.2 Å². The Labute approximate surface area is 242 Å². The number of nitrogen functional groups attached to an aromatic ring is 1. The lowest BCUT2D eigenvalue weighted by Crippen LogP contribution is -2.40. The van der Waals surface area contributed by atoms with Gasteiger partial charge in [-0.15, -0.1) is 0 Å². The van der Waals surface area contributed by atoms with Crippen molar-refractivity contribution in [3.05, 3.63) is 90.0 Å². The summed E-state index contributed by atoms with van der Waals surface area (Å²) >= 11 is 0. The maximum atomic E-state index is 13.8. The van der Waals surface area contributed by atoms with Crippen molar-refractivity contribution in [1.82, 2.24) is 4.90 Å². The molecule has 1 fully saturated rings. The lowest BCUT2D eigenvalue weighted by molar-refractivity contribution is -0.147. The summed E-state index contributed by atoms with van der Waals surface area (Å²) < 4.78 is 6.19. The first-order valence-corrected chi connectivity index (χ1v) is 14.1. The highest BCUT2D eigenvalue weighted by atomic mass is 16.5. The lowest BCUT2D eigenvalue weighted by atomic mass is 9.77. The van der Waals surface area contributed by atoms with Crippen LogP contribution in [0.25, 0.3) is 11.1 Å². The summed E-state index contributed by atoms with van der Waals surface area (Å²) in [5.74, 6) is -0.237. The van der Waals surface area contributed by atoms with Gasteiger partial charge >= 0.3 is 5.97 Å². The second-order valence-electron chi connectivity index (χ2n) is 10.7. The van der Waals surface area contributed by atoms with E-state index >= 15 is 0 Å². The molecule has 3 aromatic rings. The molecule has 0 spiro atoms. The molecule has 3 aromatic carbocycles. The molecule has 41 heavy (non-hydrogen) atoms. The number of hydrogen-bond acceptors (Lipinski definition) is 4. The average Bonchev–Trinajstić information content (AvgIpc) is 3.21. The average molecular weight is 560 g/mol. The molecule has 1 heterocycles. The summed E-state index contributed by atoms with van der Waals surface area (Å²) in [6.07, 6.45) is 4.32. The standard InChI is InChI=1S/C33H39N3O4.H2O/c1-2-3-19-33(22-30(37)38)21-28(36(32(33)39)20-7-10-24-8-5-4-6-9-24)23-40-29-17-15-26(16-18-29)25-11-13-27(14-12-25)31(34)35;/h4-6,8-9,11-18,28H,2-3,7,10,19-23H2,1H3,(H3,34,35)(H,37,38);1H2/t28-,33-;/m0./s1. The van der Waals surface area contributed by atoms with E-state index in [-0.39, 0.29) is 29.7 Å². The molecule has 0 radical (unpaired) electrons. The summed E-state index contributed by atoms with van der Waals surface area (Å²) in [4.78, 5) is 27.5. The summed E-state index contributed by atoms with van der Waals surface area (Å²) in [6.45, 7) is 2.95. The molecule has 1 aliphatic rings. The van der Waals surface area contributed by atoms with Crippen molar-refractivity contribution in [3.8, 4) is 16.9 Å². The van der Waals surface area contributed by atoms with Crippen molar-refractivity contribution >= 4 is 17.7 Å². The number of nitrogens with one attached hydrogen (secondary N) is 1. The largest absolute Gasteiger partial charge is 0.491 e. The second kappa shape index (κ2) is 14.5. The number of amidine groups is 1. The molecule has 0 aliphatic carbocycles.